The Morgan fingerprint density at radius 3 is 2.49 bits per heavy atom. The van der Waals surface area contributed by atoms with Crippen LogP contribution in [0.3, 0.4) is 0 Å². The van der Waals surface area contributed by atoms with Crippen LogP contribution in [0.4, 0.5) is 27.6 Å². The monoisotopic (exact) mass is 550 g/mol. The Morgan fingerprint density at radius 2 is 1.87 bits per heavy atom. The second-order valence-electron chi connectivity index (χ2n) is 10.8. The standard InChI is InChI=1S/C28H31F5N4O2/c1-15-8-20-19-5-4-16(27(38)39)9-23(19)35-25(20)26(37(15)14-28(2,32)33)24-21(30)10-17(11-22(24)31)34-18-12-36(13-18)7-3-6-29/h4-5,9-11,15,18,26,34-35H,3,6-8,12-14H2,1-2H3,(H,38,39)/t15-,26-/m1/s1. The number of hydrogen-bond donors (Lipinski definition) is 3. The van der Waals surface area contributed by atoms with E-state index < -0.39 is 48.8 Å². The second-order valence-corrected chi connectivity index (χ2v) is 10.8. The van der Waals surface area contributed by atoms with E-state index >= 15 is 8.78 Å². The lowest BCUT2D eigenvalue weighted by atomic mass is 9.87. The SMILES string of the molecule is C[C@@H]1Cc2c([nH]c3cc(C(=O)O)ccc23)[C@@H](c2c(F)cc(NC3CN(CCCF)C3)cc2F)N1CC(C)(F)F. The zero-order chi connectivity index (χ0) is 28.1. The van der Waals surface area contributed by atoms with Gasteiger partial charge in [0.05, 0.1) is 30.9 Å². The third-order valence-electron chi connectivity index (χ3n) is 7.61. The number of carboxylic acids is 1. The first-order valence-corrected chi connectivity index (χ1v) is 13.0. The number of fused-ring (bicyclic) bond motifs is 3. The summed E-state index contributed by atoms with van der Waals surface area (Å²) in [5.74, 6) is -5.99. The van der Waals surface area contributed by atoms with Gasteiger partial charge in [-0.1, -0.05) is 6.07 Å². The van der Waals surface area contributed by atoms with Crippen molar-refractivity contribution in [2.24, 2.45) is 0 Å². The van der Waals surface area contributed by atoms with E-state index in [9.17, 15) is 23.1 Å². The number of aromatic carboxylic acids is 1. The maximum Gasteiger partial charge on any atom is 0.335 e. The zero-order valence-corrected chi connectivity index (χ0v) is 21.7. The molecule has 0 unspecified atom stereocenters. The third kappa shape index (κ3) is 5.47. The molecular formula is C28H31F5N4O2. The smallest absolute Gasteiger partial charge is 0.335 e. The van der Waals surface area contributed by atoms with Crippen molar-refractivity contribution in [3.05, 3.63) is 64.4 Å². The number of nitrogens with one attached hydrogen (secondary N) is 2. The lowest BCUT2D eigenvalue weighted by molar-refractivity contribution is -0.0374. The Kier molecular flexibility index (Phi) is 7.32. The number of carbonyl (C=O) groups is 1. The van der Waals surface area contributed by atoms with Gasteiger partial charge in [0.1, 0.15) is 11.6 Å². The molecule has 3 heterocycles. The topological polar surface area (TPSA) is 71.6 Å². The number of carboxylic acid groups (broad SMARTS) is 1. The molecule has 0 saturated carbocycles. The third-order valence-corrected chi connectivity index (χ3v) is 7.61. The Balaban J connectivity index is 1.53. The molecule has 2 aromatic carbocycles. The van der Waals surface area contributed by atoms with Crippen LogP contribution in [0.1, 0.15) is 53.5 Å². The quantitative estimate of drug-likeness (QED) is 0.303. The van der Waals surface area contributed by atoms with Crippen LogP contribution < -0.4 is 5.32 Å². The van der Waals surface area contributed by atoms with Gasteiger partial charge in [-0.05, 0) is 49.6 Å². The lowest BCUT2D eigenvalue weighted by Crippen LogP contribution is -2.54. The molecule has 11 heteroatoms. The van der Waals surface area contributed by atoms with Gasteiger partial charge in [0.25, 0.3) is 5.92 Å². The first kappa shape index (κ1) is 27.4. The van der Waals surface area contributed by atoms with Crippen LogP contribution in [0.25, 0.3) is 10.9 Å². The average Bonchev–Trinajstić information content (AvgIpc) is 3.18. The summed E-state index contributed by atoms with van der Waals surface area (Å²) >= 11 is 0. The molecule has 0 bridgehead atoms. The van der Waals surface area contributed by atoms with E-state index in [0.29, 0.717) is 49.1 Å². The summed E-state index contributed by atoms with van der Waals surface area (Å²) in [5, 5.41) is 13.2. The van der Waals surface area contributed by atoms with Gasteiger partial charge in [-0.15, -0.1) is 0 Å². The van der Waals surface area contributed by atoms with E-state index in [0.717, 1.165) is 12.5 Å². The highest BCUT2D eigenvalue weighted by Gasteiger charge is 2.42. The Bertz CT molecular complexity index is 1360. The molecule has 0 aliphatic carbocycles. The van der Waals surface area contributed by atoms with Crippen LogP contribution in [0.15, 0.2) is 30.3 Å². The largest absolute Gasteiger partial charge is 0.478 e. The molecule has 1 fully saturated rings. The lowest BCUT2D eigenvalue weighted by Gasteiger charge is -2.42. The van der Waals surface area contributed by atoms with Crippen molar-refractivity contribution in [2.45, 2.75) is 50.7 Å². The molecule has 5 rings (SSSR count). The van der Waals surface area contributed by atoms with Crippen LogP contribution in [0.5, 0.6) is 0 Å². The molecule has 0 radical (unpaired) electrons. The van der Waals surface area contributed by atoms with Crippen molar-refractivity contribution in [3.63, 3.8) is 0 Å². The number of rotatable bonds is 9. The number of aromatic nitrogens is 1. The molecule has 2 aliphatic rings. The fourth-order valence-corrected chi connectivity index (χ4v) is 5.87. The number of benzene rings is 2. The molecular weight excluding hydrogens is 519 g/mol. The van der Waals surface area contributed by atoms with E-state index in [1.54, 1.807) is 13.0 Å². The van der Waals surface area contributed by atoms with Crippen molar-refractivity contribution in [1.82, 2.24) is 14.8 Å². The van der Waals surface area contributed by atoms with Crippen LogP contribution >= 0.6 is 0 Å². The van der Waals surface area contributed by atoms with Crippen molar-refractivity contribution in [2.75, 3.05) is 38.2 Å². The summed E-state index contributed by atoms with van der Waals surface area (Å²) in [5.41, 5.74) is 1.48. The van der Waals surface area contributed by atoms with Crippen molar-refractivity contribution >= 4 is 22.6 Å². The van der Waals surface area contributed by atoms with Crippen LogP contribution in [0, 0.1) is 11.6 Å². The van der Waals surface area contributed by atoms with Gasteiger partial charge in [0.2, 0.25) is 0 Å². The maximum atomic E-state index is 15.7. The number of nitrogens with zero attached hydrogens (tertiary/aromatic N) is 2. The Labute approximate surface area is 222 Å². The highest BCUT2D eigenvalue weighted by atomic mass is 19.3. The van der Waals surface area contributed by atoms with Gasteiger partial charge in [0, 0.05) is 60.4 Å². The predicted octanol–water partition coefficient (Wildman–Crippen LogP) is 5.59. The van der Waals surface area contributed by atoms with Crippen LogP contribution in [0.2, 0.25) is 0 Å². The fourth-order valence-electron chi connectivity index (χ4n) is 5.87. The normalized spacial score (nSPS) is 20.7. The molecule has 1 aromatic heterocycles. The molecule has 1 saturated heterocycles. The molecule has 6 nitrogen and oxygen atoms in total. The number of anilines is 1. The van der Waals surface area contributed by atoms with Crippen molar-refractivity contribution in [1.29, 1.82) is 0 Å². The van der Waals surface area contributed by atoms with Gasteiger partial charge in [-0.3, -0.25) is 14.2 Å². The molecule has 2 aliphatic heterocycles. The van der Waals surface area contributed by atoms with E-state index in [1.165, 1.54) is 29.2 Å². The Morgan fingerprint density at radius 1 is 1.18 bits per heavy atom. The zero-order valence-electron chi connectivity index (χ0n) is 21.7. The molecule has 210 valence electrons. The minimum Gasteiger partial charge on any atom is -0.478 e. The summed E-state index contributed by atoms with van der Waals surface area (Å²) in [6.07, 6.45) is 0.781. The predicted molar refractivity (Wildman–Crippen MR) is 138 cm³/mol. The van der Waals surface area contributed by atoms with Gasteiger partial charge in [0.15, 0.2) is 0 Å². The average molecular weight is 551 g/mol. The summed E-state index contributed by atoms with van der Waals surface area (Å²) in [4.78, 5) is 18.0. The number of H-pyrrole nitrogens is 1. The molecule has 0 spiro atoms. The number of hydrogen-bond acceptors (Lipinski definition) is 4. The van der Waals surface area contributed by atoms with Crippen molar-refractivity contribution < 1.29 is 31.9 Å². The number of halogens is 5. The van der Waals surface area contributed by atoms with E-state index in [2.05, 4.69) is 10.3 Å². The van der Waals surface area contributed by atoms with Crippen LogP contribution in [-0.2, 0) is 6.42 Å². The first-order chi connectivity index (χ1) is 18.4. The molecule has 3 N–H and O–H groups in total. The number of aromatic amines is 1. The van der Waals surface area contributed by atoms with Gasteiger partial charge in [-0.25, -0.2) is 22.4 Å². The summed E-state index contributed by atoms with van der Waals surface area (Å²) in [6, 6.07) is 5.18. The highest BCUT2D eigenvalue weighted by Crippen LogP contribution is 2.44. The van der Waals surface area contributed by atoms with Crippen LogP contribution in [-0.4, -0.2) is 76.7 Å². The molecule has 0 amide bonds. The highest BCUT2D eigenvalue weighted by molar-refractivity contribution is 5.95. The summed E-state index contributed by atoms with van der Waals surface area (Å²) < 4.78 is 72.5. The van der Waals surface area contributed by atoms with Crippen molar-refractivity contribution in [3.8, 4) is 0 Å². The van der Waals surface area contributed by atoms with E-state index in [-0.39, 0.29) is 22.9 Å². The molecule has 39 heavy (non-hydrogen) atoms. The minimum absolute atomic E-state index is 0.0367. The summed E-state index contributed by atoms with van der Waals surface area (Å²) in [7, 11) is 0. The first-order valence-electron chi connectivity index (χ1n) is 13.0. The van der Waals surface area contributed by atoms with E-state index in [4.69, 9.17) is 0 Å². The van der Waals surface area contributed by atoms with Gasteiger partial charge >= 0.3 is 5.97 Å². The number of likely N-dealkylation sites (tertiary alicyclic amines) is 1. The molecule has 3 aromatic rings. The number of alkyl halides is 3. The van der Waals surface area contributed by atoms with E-state index in [1.807, 2.05) is 4.90 Å². The Hall–Kier alpha value is -3.18. The fraction of sp³-hybridized carbons (Fsp3) is 0.464. The summed E-state index contributed by atoms with van der Waals surface area (Å²) in [6.45, 7) is 3.27. The maximum absolute atomic E-state index is 15.7. The second kappa shape index (κ2) is 10.4. The molecule has 2 atom stereocenters. The van der Waals surface area contributed by atoms with Gasteiger partial charge < -0.3 is 15.4 Å². The minimum atomic E-state index is -3.13. The van der Waals surface area contributed by atoms with Gasteiger partial charge in [-0.2, -0.15) is 0 Å².